The highest BCUT2D eigenvalue weighted by atomic mass is 16.6. The van der Waals surface area contributed by atoms with Crippen LogP contribution in [0.1, 0.15) is 27.8 Å². The van der Waals surface area contributed by atoms with Gasteiger partial charge in [-0.2, -0.15) is 0 Å². The first-order valence-corrected chi connectivity index (χ1v) is 16.7. The van der Waals surface area contributed by atoms with E-state index >= 15 is 0 Å². The highest BCUT2D eigenvalue weighted by Crippen LogP contribution is 2.32. The minimum absolute atomic E-state index is 0.209. The van der Waals surface area contributed by atoms with E-state index in [0.717, 1.165) is 27.8 Å². The van der Waals surface area contributed by atoms with Gasteiger partial charge in [0.15, 0.2) is 0 Å². The lowest BCUT2D eigenvalue weighted by Gasteiger charge is -2.47. The number of hydrogen-bond acceptors (Lipinski definition) is 6. The minimum atomic E-state index is -1.18. The molecule has 250 valence electrons. The van der Waals surface area contributed by atoms with E-state index in [1.807, 2.05) is 152 Å². The van der Waals surface area contributed by atoms with Crippen molar-refractivity contribution in [1.29, 1.82) is 0 Å². The summed E-state index contributed by atoms with van der Waals surface area (Å²) in [6.07, 6.45) is -4.59. The van der Waals surface area contributed by atoms with Crippen LogP contribution in [-0.2, 0) is 50.1 Å². The second kappa shape index (κ2) is 18.3. The first kappa shape index (κ1) is 34.3. The van der Waals surface area contributed by atoms with E-state index in [2.05, 4.69) is 11.8 Å². The Labute approximate surface area is 289 Å². The number of hydrogen-bond donors (Lipinski definition) is 1. The van der Waals surface area contributed by atoms with Crippen LogP contribution >= 0.6 is 0 Å². The van der Waals surface area contributed by atoms with Crippen molar-refractivity contribution < 1.29 is 28.8 Å². The van der Waals surface area contributed by atoms with Gasteiger partial charge in [-0.3, -0.25) is 0 Å². The lowest BCUT2D eigenvalue weighted by molar-refractivity contribution is -0.282. The lowest BCUT2D eigenvalue weighted by atomic mass is 9.91. The maximum Gasteiger partial charge on any atom is 0.143 e. The van der Waals surface area contributed by atoms with Gasteiger partial charge in [-0.05, 0) is 34.4 Å². The monoisotopic (exact) mass is 654 g/mol. The van der Waals surface area contributed by atoms with E-state index < -0.39 is 36.6 Å². The topological polar surface area (TPSA) is 66.4 Å². The van der Waals surface area contributed by atoms with Gasteiger partial charge in [0, 0.05) is 5.56 Å². The van der Waals surface area contributed by atoms with Gasteiger partial charge in [-0.1, -0.05) is 151 Å². The Kier molecular flexibility index (Phi) is 12.8. The molecule has 1 fully saturated rings. The molecule has 0 aliphatic carbocycles. The van der Waals surface area contributed by atoms with Gasteiger partial charge in [0.1, 0.15) is 36.6 Å². The van der Waals surface area contributed by atoms with Crippen LogP contribution in [0.2, 0.25) is 0 Å². The average Bonchev–Trinajstić information content (AvgIpc) is 3.17. The molecule has 0 spiro atoms. The van der Waals surface area contributed by atoms with E-state index in [4.69, 9.17) is 23.7 Å². The van der Waals surface area contributed by atoms with Crippen molar-refractivity contribution in [3.63, 3.8) is 0 Å². The van der Waals surface area contributed by atoms with E-state index in [1.54, 1.807) is 0 Å². The summed E-state index contributed by atoms with van der Waals surface area (Å²) in [5.41, 5.74) is 4.86. The van der Waals surface area contributed by atoms with Crippen LogP contribution in [0.25, 0.3) is 0 Å². The third kappa shape index (κ3) is 10.2. The van der Waals surface area contributed by atoms with Gasteiger partial charge in [0.05, 0.1) is 33.0 Å². The molecule has 6 heteroatoms. The van der Waals surface area contributed by atoms with Gasteiger partial charge >= 0.3 is 0 Å². The van der Waals surface area contributed by atoms with Gasteiger partial charge in [0.25, 0.3) is 0 Å². The average molecular weight is 655 g/mol. The predicted molar refractivity (Wildman–Crippen MR) is 189 cm³/mol. The second-order valence-corrected chi connectivity index (χ2v) is 12.0. The van der Waals surface area contributed by atoms with Crippen LogP contribution in [0.3, 0.4) is 0 Å². The fraction of sp³-hybridized carbons (Fsp3) is 0.256. The summed E-state index contributed by atoms with van der Waals surface area (Å²) in [7, 11) is 0. The maximum absolute atomic E-state index is 11.7. The summed E-state index contributed by atoms with van der Waals surface area (Å²) in [4.78, 5) is 0. The molecule has 0 radical (unpaired) electrons. The SMILES string of the molecule is O[C@@H](C#Cc1ccccc1)[C@@H]1O[C@H](COCc2ccccc2)[C@@H](OCc2ccccc2)[C@H](OCc2ccccc2)[C@H]1OCc1ccccc1. The molecule has 6 rings (SSSR count). The zero-order valence-corrected chi connectivity index (χ0v) is 27.4. The number of rotatable bonds is 14. The molecule has 49 heavy (non-hydrogen) atoms. The Balaban J connectivity index is 1.33. The summed E-state index contributed by atoms with van der Waals surface area (Å²) in [6.45, 7) is 1.55. The Bertz CT molecular complexity index is 1710. The molecule has 1 heterocycles. The Morgan fingerprint density at radius 2 is 0.918 bits per heavy atom. The molecule has 1 aliphatic heterocycles. The van der Waals surface area contributed by atoms with Crippen molar-refractivity contribution >= 4 is 0 Å². The number of aliphatic hydroxyl groups excluding tert-OH is 1. The van der Waals surface area contributed by atoms with Crippen molar-refractivity contribution in [2.24, 2.45) is 0 Å². The van der Waals surface area contributed by atoms with Crippen molar-refractivity contribution in [2.45, 2.75) is 63.1 Å². The summed E-state index contributed by atoms with van der Waals surface area (Å²) >= 11 is 0. The molecule has 0 unspecified atom stereocenters. The molecule has 5 aromatic carbocycles. The Hall–Kier alpha value is -4.58. The van der Waals surface area contributed by atoms with E-state index in [1.165, 1.54) is 0 Å². The van der Waals surface area contributed by atoms with Crippen LogP contribution in [0, 0.1) is 11.8 Å². The van der Waals surface area contributed by atoms with Crippen LogP contribution in [-0.4, -0.2) is 48.3 Å². The highest BCUT2D eigenvalue weighted by molar-refractivity contribution is 5.35. The highest BCUT2D eigenvalue weighted by Gasteiger charge is 2.50. The number of benzene rings is 5. The summed E-state index contributed by atoms with van der Waals surface area (Å²) in [5.74, 6) is 6.14. The van der Waals surface area contributed by atoms with Gasteiger partial charge in [-0.15, -0.1) is 0 Å². The molecule has 0 saturated carbocycles. The first-order valence-electron chi connectivity index (χ1n) is 16.7. The number of ether oxygens (including phenoxy) is 5. The van der Waals surface area contributed by atoms with Crippen LogP contribution in [0.4, 0.5) is 0 Å². The molecular weight excluding hydrogens is 612 g/mol. The second-order valence-electron chi connectivity index (χ2n) is 12.0. The van der Waals surface area contributed by atoms with Crippen LogP contribution < -0.4 is 0 Å². The third-order valence-corrected chi connectivity index (χ3v) is 8.37. The largest absolute Gasteiger partial charge is 0.377 e. The Morgan fingerprint density at radius 3 is 1.41 bits per heavy atom. The molecule has 6 atom stereocenters. The molecule has 1 N–H and O–H groups in total. The quantitative estimate of drug-likeness (QED) is 0.129. The van der Waals surface area contributed by atoms with Crippen molar-refractivity contribution in [3.8, 4) is 11.8 Å². The molecule has 5 aromatic rings. The molecular formula is C43H42O6. The summed E-state index contributed by atoms with van der Waals surface area (Å²) < 4.78 is 33.1. The van der Waals surface area contributed by atoms with Crippen molar-refractivity contribution in [2.75, 3.05) is 6.61 Å². The van der Waals surface area contributed by atoms with Crippen molar-refractivity contribution in [1.82, 2.24) is 0 Å². The maximum atomic E-state index is 11.7. The van der Waals surface area contributed by atoms with Crippen LogP contribution in [0.15, 0.2) is 152 Å². The zero-order valence-electron chi connectivity index (χ0n) is 27.4. The normalized spacial score (nSPS) is 21.0. The Morgan fingerprint density at radius 1 is 0.510 bits per heavy atom. The third-order valence-electron chi connectivity index (χ3n) is 8.37. The van der Waals surface area contributed by atoms with E-state index in [9.17, 15) is 5.11 Å². The minimum Gasteiger partial charge on any atom is -0.377 e. The molecule has 0 amide bonds. The summed E-state index contributed by atoms with van der Waals surface area (Å²) in [6, 6.07) is 49.5. The zero-order chi connectivity index (χ0) is 33.5. The van der Waals surface area contributed by atoms with Gasteiger partial charge < -0.3 is 28.8 Å². The smallest absolute Gasteiger partial charge is 0.143 e. The standard InChI is InChI=1S/C43H42O6/c44-38(27-26-33-16-6-1-7-17-33)40-42(47-30-36-22-12-4-13-23-36)43(48-31-37-24-14-5-15-25-37)41(46-29-35-20-10-3-11-21-35)39(49-40)32-45-28-34-18-8-2-9-19-34/h1-25,38-44H,28-32H2/t38-,39+,40-,41+,42-,43-/m0/s1. The fourth-order valence-corrected chi connectivity index (χ4v) is 5.84. The van der Waals surface area contributed by atoms with Gasteiger partial charge in [0.2, 0.25) is 0 Å². The molecule has 1 saturated heterocycles. The van der Waals surface area contributed by atoms with Crippen LogP contribution in [0.5, 0.6) is 0 Å². The lowest BCUT2D eigenvalue weighted by Crippen LogP contribution is -2.63. The molecule has 0 aromatic heterocycles. The fourth-order valence-electron chi connectivity index (χ4n) is 5.84. The first-order chi connectivity index (χ1) is 24.2. The number of aliphatic hydroxyl groups is 1. The van der Waals surface area contributed by atoms with Crippen molar-refractivity contribution in [3.05, 3.63) is 179 Å². The summed E-state index contributed by atoms with van der Waals surface area (Å²) in [5, 5.41) is 11.7. The molecule has 1 aliphatic rings. The van der Waals surface area contributed by atoms with E-state index in [0.29, 0.717) is 19.8 Å². The molecule has 6 nitrogen and oxygen atoms in total. The predicted octanol–water partition coefficient (Wildman–Crippen LogP) is 7.14. The van der Waals surface area contributed by atoms with Gasteiger partial charge in [-0.25, -0.2) is 0 Å². The molecule has 0 bridgehead atoms. The van der Waals surface area contributed by atoms with E-state index in [-0.39, 0.29) is 13.2 Å².